The lowest BCUT2D eigenvalue weighted by Gasteiger charge is -2.24. The highest BCUT2D eigenvalue weighted by Crippen LogP contribution is 2.34. The van der Waals surface area contributed by atoms with Gasteiger partial charge in [0.15, 0.2) is 0 Å². The standard InChI is InChI=1S/C37H66O8/c1-3-4-5-12-16-29(38)18-14-19-31(40)33-22-24-35(44-33)36-25-23-34(45-36)32(41)21-20-30(39)17-13-10-8-6-7-9-11-15-28-26-27(2)43-37(28)42/h26-27,29-36,38-41H,3-25H2,1-2H3/t27?,29-,30+,31-,32+,33+,34+,35-,36+/m0/s1. The molecular formula is C37H66O8. The number of cyclic esters (lactones) is 1. The number of carbonyl (C=O) groups is 1. The molecule has 4 N–H and O–H groups in total. The van der Waals surface area contributed by atoms with E-state index in [1.54, 1.807) is 0 Å². The molecule has 0 aromatic carbocycles. The van der Waals surface area contributed by atoms with Crippen LogP contribution in [0.2, 0.25) is 0 Å². The molecular weight excluding hydrogens is 572 g/mol. The maximum atomic E-state index is 11.6. The van der Waals surface area contributed by atoms with Gasteiger partial charge in [-0.2, -0.15) is 0 Å². The molecule has 1 unspecified atom stereocenters. The second kappa shape index (κ2) is 21.8. The molecule has 2 fully saturated rings. The summed E-state index contributed by atoms with van der Waals surface area (Å²) >= 11 is 0. The van der Waals surface area contributed by atoms with Gasteiger partial charge in [0, 0.05) is 5.57 Å². The fourth-order valence-corrected chi connectivity index (χ4v) is 7.28. The Morgan fingerprint density at radius 2 is 1.16 bits per heavy atom. The topological polar surface area (TPSA) is 126 Å². The summed E-state index contributed by atoms with van der Waals surface area (Å²) in [5, 5.41) is 42.1. The molecule has 262 valence electrons. The van der Waals surface area contributed by atoms with Crippen molar-refractivity contribution in [2.75, 3.05) is 0 Å². The average molecular weight is 639 g/mol. The van der Waals surface area contributed by atoms with Crippen LogP contribution in [0.25, 0.3) is 0 Å². The third-order valence-corrected chi connectivity index (χ3v) is 10.1. The van der Waals surface area contributed by atoms with Crippen molar-refractivity contribution in [3.63, 3.8) is 0 Å². The molecule has 0 amide bonds. The van der Waals surface area contributed by atoms with Crippen LogP contribution in [0.1, 0.15) is 162 Å². The van der Waals surface area contributed by atoms with E-state index in [9.17, 15) is 25.2 Å². The highest BCUT2D eigenvalue weighted by Gasteiger charge is 2.40. The Morgan fingerprint density at radius 3 is 1.73 bits per heavy atom. The molecule has 0 aromatic heterocycles. The second-order valence-corrected chi connectivity index (χ2v) is 14.2. The van der Waals surface area contributed by atoms with Gasteiger partial charge in [0.2, 0.25) is 0 Å². The van der Waals surface area contributed by atoms with Crippen LogP contribution in [-0.4, -0.2) is 81.3 Å². The highest BCUT2D eigenvalue weighted by molar-refractivity contribution is 5.90. The van der Waals surface area contributed by atoms with E-state index in [-0.39, 0.29) is 48.7 Å². The van der Waals surface area contributed by atoms with Gasteiger partial charge in [-0.3, -0.25) is 0 Å². The van der Waals surface area contributed by atoms with Gasteiger partial charge in [0.05, 0.1) is 48.8 Å². The fourth-order valence-electron chi connectivity index (χ4n) is 7.28. The molecule has 0 aliphatic carbocycles. The molecule has 0 bridgehead atoms. The van der Waals surface area contributed by atoms with E-state index in [1.807, 2.05) is 13.0 Å². The number of rotatable bonds is 25. The Morgan fingerprint density at radius 1 is 0.644 bits per heavy atom. The number of carbonyl (C=O) groups excluding carboxylic acids is 1. The van der Waals surface area contributed by atoms with Crippen LogP contribution in [0.4, 0.5) is 0 Å². The van der Waals surface area contributed by atoms with Crippen molar-refractivity contribution in [1.29, 1.82) is 0 Å². The number of aliphatic hydroxyl groups is 4. The van der Waals surface area contributed by atoms with Gasteiger partial charge < -0.3 is 34.6 Å². The molecule has 2 saturated heterocycles. The normalized spacial score (nSPS) is 27.8. The third-order valence-electron chi connectivity index (χ3n) is 10.1. The summed E-state index contributed by atoms with van der Waals surface area (Å²) in [4.78, 5) is 11.6. The van der Waals surface area contributed by atoms with Crippen LogP contribution in [-0.2, 0) is 19.0 Å². The molecule has 0 saturated carbocycles. The van der Waals surface area contributed by atoms with Gasteiger partial charge in [-0.15, -0.1) is 0 Å². The third kappa shape index (κ3) is 14.7. The van der Waals surface area contributed by atoms with Crippen LogP contribution in [0.15, 0.2) is 11.6 Å². The van der Waals surface area contributed by atoms with E-state index < -0.39 is 12.2 Å². The first-order valence-electron chi connectivity index (χ1n) is 18.7. The molecule has 9 atom stereocenters. The predicted molar refractivity (Wildman–Crippen MR) is 177 cm³/mol. The highest BCUT2D eigenvalue weighted by atomic mass is 16.6. The van der Waals surface area contributed by atoms with Crippen LogP contribution < -0.4 is 0 Å². The van der Waals surface area contributed by atoms with E-state index in [2.05, 4.69) is 6.92 Å². The predicted octanol–water partition coefficient (Wildman–Crippen LogP) is 6.83. The van der Waals surface area contributed by atoms with Gasteiger partial charge >= 0.3 is 5.97 Å². The second-order valence-electron chi connectivity index (χ2n) is 14.2. The number of hydrogen-bond donors (Lipinski definition) is 4. The zero-order valence-electron chi connectivity index (χ0n) is 28.5. The number of unbranched alkanes of at least 4 members (excludes halogenated alkanes) is 9. The first-order chi connectivity index (χ1) is 21.8. The molecule has 45 heavy (non-hydrogen) atoms. The van der Waals surface area contributed by atoms with E-state index in [0.29, 0.717) is 19.3 Å². The summed E-state index contributed by atoms with van der Waals surface area (Å²) in [5.41, 5.74) is 0.834. The fraction of sp³-hybridized carbons (Fsp3) is 0.919. The molecule has 8 nitrogen and oxygen atoms in total. The Labute approximate surface area is 273 Å². The Balaban J connectivity index is 1.16. The van der Waals surface area contributed by atoms with Gasteiger partial charge in [0.1, 0.15) is 6.10 Å². The quantitative estimate of drug-likeness (QED) is 0.0634. The maximum Gasteiger partial charge on any atom is 0.334 e. The summed E-state index contributed by atoms with van der Waals surface area (Å²) in [6.07, 6.45) is 21.2. The molecule has 0 radical (unpaired) electrons. The largest absolute Gasteiger partial charge is 0.455 e. The van der Waals surface area contributed by atoms with Gasteiger partial charge in [-0.05, 0) is 96.5 Å². The van der Waals surface area contributed by atoms with Crippen molar-refractivity contribution in [3.05, 3.63) is 11.6 Å². The Hall–Kier alpha value is -1.03. The molecule has 0 spiro atoms. The van der Waals surface area contributed by atoms with Crippen molar-refractivity contribution in [2.45, 2.75) is 216 Å². The van der Waals surface area contributed by atoms with E-state index >= 15 is 0 Å². The van der Waals surface area contributed by atoms with Crippen molar-refractivity contribution in [3.8, 4) is 0 Å². The molecule has 3 heterocycles. The summed E-state index contributed by atoms with van der Waals surface area (Å²) in [6, 6.07) is 0. The summed E-state index contributed by atoms with van der Waals surface area (Å²) in [7, 11) is 0. The molecule has 8 heteroatoms. The lowest BCUT2D eigenvalue weighted by atomic mass is 9.99. The molecule has 3 aliphatic rings. The number of hydrogen-bond acceptors (Lipinski definition) is 8. The minimum absolute atomic E-state index is 0.0381. The van der Waals surface area contributed by atoms with E-state index in [4.69, 9.17) is 14.2 Å². The molecule has 0 aromatic rings. The van der Waals surface area contributed by atoms with Crippen molar-refractivity contribution < 1.29 is 39.4 Å². The first kappa shape index (κ1) is 38.4. The van der Waals surface area contributed by atoms with Crippen molar-refractivity contribution in [1.82, 2.24) is 0 Å². The van der Waals surface area contributed by atoms with Gasteiger partial charge in [-0.25, -0.2) is 4.79 Å². The van der Waals surface area contributed by atoms with Gasteiger partial charge in [-0.1, -0.05) is 71.1 Å². The van der Waals surface area contributed by atoms with Crippen LogP contribution in [0.3, 0.4) is 0 Å². The first-order valence-corrected chi connectivity index (χ1v) is 18.7. The smallest absolute Gasteiger partial charge is 0.334 e. The SMILES string of the molecule is CCCCCC[C@H](O)CCC[C@H](O)[C@H]1CC[C@@H]([C@H]2CC[C@H]([C@H](O)CC[C@H](O)CCCCCCCCCC3=CC(C)OC3=O)O2)O1. The van der Waals surface area contributed by atoms with E-state index in [1.165, 1.54) is 32.1 Å². The van der Waals surface area contributed by atoms with Crippen LogP contribution in [0.5, 0.6) is 0 Å². The number of esters is 1. The lowest BCUT2D eigenvalue weighted by Crippen LogP contribution is -2.33. The number of aliphatic hydroxyl groups excluding tert-OH is 4. The summed E-state index contributed by atoms with van der Waals surface area (Å²) in [5.74, 6) is -0.148. The summed E-state index contributed by atoms with van der Waals surface area (Å²) < 4.78 is 17.6. The van der Waals surface area contributed by atoms with Crippen LogP contribution in [0, 0.1) is 0 Å². The number of ether oxygens (including phenoxy) is 3. The molecule has 3 rings (SSSR count). The van der Waals surface area contributed by atoms with Crippen molar-refractivity contribution >= 4 is 5.97 Å². The van der Waals surface area contributed by atoms with Crippen LogP contribution >= 0.6 is 0 Å². The minimum Gasteiger partial charge on any atom is -0.455 e. The zero-order valence-corrected chi connectivity index (χ0v) is 28.5. The van der Waals surface area contributed by atoms with E-state index in [0.717, 1.165) is 102 Å². The monoisotopic (exact) mass is 638 g/mol. The van der Waals surface area contributed by atoms with Crippen molar-refractivity contribution in [2.24, 2.45) is 0 Å². The Bertz CT molecular complexity index is 833. The minimum atomic E-state index is -0.578. The zero-order chi connectivity index (χ0) is 32.4. The Kier molecular flexibility index (Phi) is 18.6. The maximum absolute atomic E-state index is 11.6. The molecule has 3 aliphatic heterocycles. The summed E-state index contributed by atoms with van der Waals surface area (Å²) in [6.45, 7) is 4.08. The lowest BCUT2D eigenvalue weighted by molar-refractivity contribution is -0.139. The van der Waals surface area contributed by atoms with Gasteiger partial charge in [0.25, 0.3) is 0 Å². The average Bonchev–Trinajstić information content (AvgIpc) is 3.77.